The molecule has 2 heterocycles. The van der Waals surface area contributed by atoms with Crippen molar-refractivity contribution in [2.45, 2.75) is 12.8 Å². The third kappa shape index (κ3) is 5.84. The van der Waals surface area contributed by atoms with Crippen molar-refractivity contribution in [2.75, 3.05) is 26.2 Å². The molecule has 1 saturated heterocycles. The topological polar surface area (TPSA) is 45.2 Å². The Morgan fingerprint density at radius 1 is 1.20 bits per heavy atom. The molecule has 4 heteroatoms. The van der Waals surface area contributed by atoms with Crippen molar-refractivity contribution >= 4 is 12.0 Å². The van der Waals surface area contributed by atoms with Gasteiger partial charge in [-0.15, -0.1) is 0 Å². The van der Waals surface area contributed by atoms with Gasteiger partial charge in [-0.2, -0.15) is 0 Å². The van der Waals surface area contributed by atoms with Crippen LogP contribution in [0.5, 0.6) is 0 Å². The van der Waals surface area contributed by atoms with Gasteiger partial charge >= 0.3 is 0 Å². The van der Waals surface area contributed by atoms with E-state index >= 15 is 0 Å². The number of pyridine rings is 1. The molecule has 0 bridgehead atoms. The molecule has 0 spiro atoms. The summed E-state index contributed by atoms with van der Waals surface area (Å²) in [5.74, 6) is 0.497. The van der Waals surface area contributed by atoms with Crippen LogP contribution in [0.4, 0.5) is 0 Å². The Morgan fingerprint density at radius 3 is 2.84 bits per heavy atom. The maximum Gasteiger partial charge on any atom is 0.244 e. The van der Waals surface area contributed by atoms with Gasteiger partial charge in [0.1, 0.15) is 0 Å². The molecule has 1 unspecified atom stereocenters. The fourth-order valence-electron chi connectivity index (χ4n) is 3.15. The predicted molar refractivity (Wildman–Crippen MR) is 101 cm³/mol. The van der Waals surface area contributed by atoms with Gasteiger partial charge in [0, 0.05) is 31.9 Å². The van der Waals surface area contributed by atoms with E-state index in [0.717, 1.165) is 44.7 Å². The first-order valence-corrected chi connectivity index (χ1v) is 8.93. The standard InChI is InChI=1S/C21H25N3O/c25-21(10-9-20-8-4-5-13-22-20)23-16-19-12-15-24(17-19)14-11-18-6-2-1-3-7-18/h1-10,13,19H,11-12,14-17H2,(H,23,25)/b10-9+. The average molecular weight is 335 g/mol. The zero-order valence-corrected chi connectivity index (χ0v) is 14.5. The van der Waals surface area contributed by atoms with E-state index in [1.165, 1.54) is 5.56 Å². The summed E-state index contributed by atoms with van der Waals surface area (Å²) in [7, 11) is 0. The molecule has 1 N–H and O–H groups in total. The zero-order chi connectivity index (χ0) is 17.3. The molecule has 25 heavy (non-hydrogen) atoms. The number of aromatic nitrogens is 1. The molecule has 3 rings (SSSR count). The number of hydrogen-bond acceptors (Lipinski definition) is 3. The van der Waals surface area contributed by atoms with E-state index in [1.807, 2.05) is 18.2 Å². The fraction of sp³-hybridized carbons (Fsp3) is 0.333. The first-order valence-electron chi connectivity index (χ1n) is 8.93. The van der Waals surface area contributed by atoms with E-state index in [-0.39, 0.29) is 5.91 Å². The van der Waals surface area contributed by atoms with Gasteiger partial charge in [-0.25, -0.2) is 0 Å². The van der Waals surface area contributed by atoms with E-state index in [4.69, 9.17) is 0 Å². The highest BCUT2D eigenvalue weighted by atomic mass is 16.1. The van der Waals surface area contributed by atoms with Crippen molar-refractivity contribution in [3.05, 3.63) is 72.1 Å². The second-order valence-electron chi connectivity index (χ2n) is 6.52. The average Bonchev–Trinajstić information content (AvgIpc) is 3.13. The van der Waals surface area contributed by atoms with Crippen LogP contribution in [0.3, 0.4) is 0 Å². The monoisotopic (exact) mass is 335 g/mol. The summed E-state index contributed by atoms with van der Waals surface area (Å²) in [4.78, 5) is 18.6. The number of nitrogens with one attached hydrogen (secondary N) is 1. The van der Waals surface area contributed by atoms with Crippen molar-refractivity contribution in [3.8, 4) is 0 Å². The second kappa shape index (κ2) is 9.14. The summed E-state index contributed by atoms with van der Waals surface area (Å²) in [5.41, 5.74) is 2.18. The molecule has 1 amide bonds. The highest BCUT2D eigenvalue weighted by Gasteiger charge is 2.22. The summed E-state index contributed by atoms with van der Waals surface area (Å²) >= 11 is 0. The molecule has 2 aromatic rings. The first-order chi connectivity index (χ1) is 12.3. The summed E-state index contributed by atoms with van der Waals surface area (Å²) in [6.45, 7) is 4.02. The van der Waals surface area contributed by atoms with Crippen LogP contribution in [-0.2, 0) is 11.2 Å². The molecule has 0 aliphatic carbocycles. The lowest BCUT2D eigenvalue weighted by atomic mass is 10.1. The van der Waals surface area contributed by atoms with Gasteiger partial charge in [0.15, 0.2) is 0 Å². The lowest BCUT2D eigenvalue weighted by molar-refractivity contribution is -0.116. The number of benzene rings is 1. The van der Waals surface area contributed by atoms with E-state index in [1.54, 1.807) is 18.3 Å². The van der Waals surface area contributed by atoms with E-state index in [2.05, 4.69) is 45.5 Å². The smallest absolute Gasteiger partial charge is 0.244 e. The van der Waals surface area contributed by atoms with Crippen LogP contribution in [0.1, 0.15) is 17.7 Å². The van der Waals surface area contributed by atoms with Crippen LogP contribution in [-0.4, -0.2) is 42.0 Å². The number of nitrogens with zero attached hydrogens (tertiary/aromatic N) is 2. The van der Waals surface area contributed by atoms with Gasteiger partial charge in [0.05, 0.1) is 5.69 Å². The summed E-state index contributed by atoms with van der Waals surface area (Å²) in [5, 5.41) is 3.01. The minimum atomic E-state index is -0.0478. The molecular formula is C21H25N3O. The van der Waals surface area contributed by atoms with Gasteiger partial charge in [-0.05, 0) is 49.1 Å². The maximum absolute atomic E-state index is 11.9. The number of likely N-dealkylation sites (tertiary alicyclic amines) is 1. The maximum atomic E-state index is 11.9. The molecule has 1 aliphatic rings. The zero-order valence-electron chi connectivity index (χ0n) is 14.5. The van der Waals surface area contributed by atoms with Gasteiger partial charge < -0.3 is 10.2 Å². The molecule has 0 saturated carbocycles. The highest BCUT2D eigenvalue weighted by Crippen LogP contribution is 2.16. The number of rotatable bonds is 7. The van der Waals surface area contributed by atoms with E-state index in [9.17, 15) is 4.79 Å². The minimum Gasteiger partial charge on any atom is -0.352 e. The van der Waals surface area contributed by atoms with Crippen molar-refractivity contribution in [1.82, 2.24) is 15.2 Å². The van der Waals surface area contributed by atoms with Crippen molar-refractivity contribution in [3.63, 3.8) is 0 Å². The van der Waals surface area contributed by atoms with Gasteiger partial charge in [0.25, 0.3) is 0 Å². The van der Waals surface area contributed by atoms with Gasteiger partial charge in [-0.1, -0.05) is 36.4 Å². The summed E-state index contributed by atoms with van der Waals surface area (Å²) < 4.78 is 0. The lowest BCUT2D eigenvalue weighted by Crippen LogP contribution is -2.30. The second-order valence-corrected chi connectivity index (χ2v) is 6.52. The molecular weight excluding hydrogens is 310 g/mol. The lowest BCUT2D eigenvalue weighted by Gasteiger charge is -2.16. The number of carbonyl (C=O) groups is 1. The number of amides is 1. The molecule has 1 aromatic heterocycles. The Labute approximate surface area is 149 Å². The Bertz CT molecular complexity index is 685. The molecule has 4 nitrogen and oxygen atoms in total. The Hall–Kier alpha value is -2.46. The quantitative estimate of drug-likeness (QED) is 0.792. The van der Waals surface area contributed by atoms with Crippen LogP contribution >= 0.6 is 0 Å². The Balaban J connectivity index is 1.35. The number of carbonyl (C=O) groups excluding carboxylic acids is 1. The van der Waals surface area contributed by atoms with E-state index in [0.29, 0.717) is 5.92 Å². The Morgan fingerprint density at radius 2 is 2.04 bits per heavy atom. The SMILES string of the molecule is O=C(/C=C/c1ccccn1)NCC1CCN(CCc2ccccc2)C1. The molecule has 1 aromatic carbocycles. The van der Waals surface area contributed by atoms with Crippen LogP contribution in [0.25, 0.3) is 6.08 Å². The molecule has 1 fully saturated rings. The van der Waals surface area contributed by atoms with Crippen molar-refractivity contribution < 1.29 is 4.79 Å². The van der Waals surface area contributed by atoms with E-state index < -0.39 is 0 Å². The summed E-state index contributed by atoms with van der Waals surface area (Å²) in [6.07, 6.45) is 7.27. The normalized spacial score (nSPS) is 17.8. The van der Waals surface area contributed by atoms with Crippen molar-refractivity contribution in [2.24, 2.45) is 5.92 Å². The first kappa shape index (κ1) is 17.4. The molecule has 130 valence electrons. The third-order valence-corrected chi connectivity index (χ3v) is 4.59. The number of hydrogen-bond donors (Lipinski definition) is 1. The van der Waals surface area contributed by atoms with Gasteiger partial charge in [0.2, 0.25) is 5.91 Å². The van der Waals surface area contributed by atoms with Crippen LogP contribution in [0, 0.1) is 5.92 Å². The van der Waals surface area contributed by atoms with Gasteiger partial charge in [-0.3, -0.25) is 9.78 Å². The fourth-order valence-corrected chi connectivity index (χ4v) is 3.15. The Kier molecular flexibility index (Phi) is 6.35. The summed E-state index contributed by atoms with van der Waals surface area (Å²) in [6, 6.07) is 16.3. The highest BCUT2D eigenvalue weighted by molar-refractivity contribution is 5.91. The molecule has 0 radical (unpaired) electrons. The molecule has 1 aliphatic heterocycles. The third-order valence-electron chi connectivity index (χ3n) is 4.59. The minimum absolute atomic E-state index is 0.0478. The van der Waals surface area contributed by atoms with Crippen LogP contribution in [0.2, 0.25) is 0 Å². The molecule has 1 atom stereocenters. The van der Waals surface area contributed by atoms with Crippen molar-refractivity contribution in [1.29, 1.82) is 0 Å². The largest absolute Gasteiger partial charge is 0.352 e. The van der Waals surface area contributed by atoms with Crippen LogP contribution in [0.15, 0.2) is 60.8 Å². The van der Waals surface area contributed by atoms with Crippen LogP contribution < -0.4 is 5.32 Å². The predicted octanol–water partition coefficient (Wildman–Crippen LogP) is 2.78.